The third-order valence-electron chi connectivity index (χ3n) is 9.87. The average molecular weight is 773 g/mol. The summed E-state index contributed by atoms with van der Waals surface area (Å²) < 4.78 is 42.3. The Morgan fingerprint density at radius 2 is 1.31 bits per heavy atom. The summed E-state index contributed by atoms with van der Waals surface area (Å²) in [6.45, 7) is 19.7. The van der Waals surface area contributed by atoms with Crippen molar-refractivity contribution >= 4 is 35.8 Å². The molecule has 3 rings (SSSR count). The number of hydrogen-bond acceptors (Lipinski definition) is 14. The zero-order valence-electron chi connectivity index (χ0n) is 33.6. The normalized spacial score (nSPS) is 32.4. The van der Waals surface area contributed by atoms with Crippen LogP contribution in [-0.2, 0) is 68.5 Å². The Kier molecular flexibility index (Phi) is 14.6. The summed E-state index contributed by atoms with van der Waals surface area (Å²) in [7, 11) is 0. The molecule has 2 aliphatic rings. The molecule has 55 heavy (non-hydrogen) atoms. The molecule has 1 aromatic rings. The Bertz CT molecular complexity index is 1630. The second-order valence-electron chi connectivity index (χ2n) is 15.6. The lowest BCUT2D eigenvalue weighted by Crippen LogP contribution is -2.59. The van der Waals surface area contributed by atoms with Gasteiger partial charge in [-0.1, -0.05) is 83.7 Å². The van der Waals surface area contributed by atoms with Gasteiger partial charge in [-0.2, -0.15) is 0 Å². The van der Waals surface area contributed by atoms with Crippen LogP contribution in [0.4, 0.5) is 0 Å². The minimum atomic E-state index is -2.23. The summed E-state index contributed by atoms with van der Waals surface area (Å²) in [5.41, 5.74) is -4.61. The molecule has 0 amide bonds. The molecule has 1 saturated carbocycles. The molecule has 10 atom stereocenters. The number of hydrogen-bond donors (Lipinski definition) is 1. The van der Waals surface area contributed by atoms with Gasteiger partial charge in [0.15, 0.2) is 18.3 Å². The second-order valence-corrected chi connectivity index (χ2v) is 15.6. The number of benzene rings is 1. The van der Waals surface area contributed by atoms with Crippen LogP contribution in [-0.4, -0.2) is 88.7 Å². The van der Waals surface area contributed by atoms with Crippen molar-refractivity contribution in [3.05, 3.63) is 60.2 Å². The first-order chi connectivity index (χ1) is 25.4. The van der Waals surface area contributed by atoms with Gasteiger partial charge in [0, 0.05) is 57.9 Å². The molecule has 1 aromatic carbocycles. The lowest BCUT2D eigenvalue weighted by molar-refractivity contribution is -0.202. The molecule has 1 N–H and O–H groups in total. The summed E-state index contributed by atoms with van der Waals surface area (Å²) in [6, 6.07) is 9.00. The third kappa shape index (κ3) is 10.8. The molecule has 0 unspecified atom stereocenters. The van der Waals surface area contributed by atoms with Crippen molar-refractivity contribution in [3.8, 4) is 0 Å². The number of carbonyl (C=O) groups is 6. The third-order valence-corrected chi connectivity index (χ3v) is 9.87. The van der Waals surface area contributed by atoms with Gasteiger partial charge in [0.1, 0.15) is 29.5 Å². The summed E-state index contributed by atoms with van der Waals surface area (Å²) in [5.74, 6) is -7.74. The van der Waals surface area contributed by atoms with Gasteiger partial charge in [-0.3, -0.25) is 28.8 Å². The van der Waals surface area contributed by atoms with Crippen molar-refractivity contribution in [1.29, 1.82) is 0 Å². The van der Waals surface area contributed by atoms with E-state index in [4.69, 9.17) is 33.2 Å². The zero-order valence-corrected chi connectivity index (χ0v) is 33.6. The molecule has 14 nitrogen and oxygen atoms in total. The molecule has 0 saturated heterocycles. The van der Waals surface area contributed by atoms with Crippen LogP contribution in [0.5, 0.6) is 0 Å². The maximum Gasteiger partial charge on any atom is 0.309 e. The van der Waals surface area contributed by atoms with Crippen LogP contribution < -0.4 is 0 Å². The minimum Gasteiger partial charge on any atom is -0.459 e. The van der Waals surface area contributed by atoms with Gasteiger partial charge in [-0.25, -0.2) is 0 Å². The second kappa shape index (κ2) is 17.9. The lowest BCUT2D eigenvalue weighted by Gasteiger charge is -2.46. The van der Waals surface area contributed by atoms with E-state index in [2.05, 4.69) is 6.58 Å². The average Bonchev–Trinajstić information content (AvgIpc) is 3.28. The molecular weight excluding hydrogens is 716 g/mol. The van der Waals surface area contributed by atoms with E-state index in [0.29, 0.717) is 5.56 Å². The molecule has 0 heterocycles. The van der Waals surface area contributed by atoms with Crippen LogP contribution in [0.2, 0.25) is 0 Å². The first-order valence-corrected chi connectivity index (χ1v) is 18.3. The summed E-state index contributed by atoms with van der Waals surface area (Å²) in [6.07, 6.45) is -6.17. The summed E-state index contributed by atoms with van der Waals surface area (Å²) >= 11 is 0. The van der Waals surface area contributed by atoms with Crippen molar-refractivity contribution in [2.45, 2.75) is 137 Å². The predicted octanol–water partition coefficient (Wildman–Crippen LogP) is 4.73. The van der Waals surface area contributed by atoms with E-state index < -0.39 is 113 Å². The molecule has 0 aliphatic heterocycles. The number of ether oxygens (including phenoxy) is 7. The maximum atomic E-state index is 13.5. The van der Waals surface area contributed by atoms with Gasteiger partial charge < -0.3 is 38.3 Å². The Morgan fingerprint density at radius 3 is 1.82 bits per heavy atom. The summed E-state index contributed by atoms with van der Waals surface area (Å²) in [4.78, 5) is 77.9. The molecule has 0 aromatic heterocycles. The van der Waals surface area contributed by atoms with Gasteiger partial charge in [0.05, 0.1) is 18.4 Å². The largest absolute Gasteiger partial charge is 0.459 e. The smallest absolute Gasteiger partial charge is 0.309 e. The van der Waals surface area contributed by atoms with E-state index in [1.54, 1.807) is 78.0 Å². The minimum absolute atomic E-state index is 0.0769. The van der Waals surface area contributed by atoms with Gasteiger partial charge in [-0.15, -0.1) is 0 Å². The number of rotatable bonds is 10. The number of aliphatic hydroxyl groups is 1. The highest BCUT2D eigenvalue weighted by molar-refractivity contribution is 5.73. The first-order valence-electron chi connectivity index (χ1n) is 18.3. The molecular formula is C41H56O14. The van der Waals surface area contributed by atoms with Crippen LogP contribution in [0.25, 0.3) is 0 Å². The maximum absolute atomic E-state index is 13.5. The van der Waals surface area contributed by atoms with Crippen LogP contribution >= 0.6 is 0 Å². The standard InChI is InChI=1S/C41H56O14/c1-22(2)38(47)54-33-24(4)32(50-25(5)42)31-36(49-20-30-16-14-13-15-17-30)40(12,55-29(9)46)21-41(31,48)35(52-27(7)44)23(3)18-19-39(10,11)37(53-28(8)45)34(33)51-26(6)43/h13-19,22-23,31-37,48H,4,20-21H2,1-3,5-12H3/b19-18+/t23-,31-,32-,33-,34+,35-,36+,37+,40+,41+/m0/s1. The number of carbonyl (C=O) groups excluding carboxylic acids is 6. The Hall–Kier alpha value is -4.56. The van der Waals surface area contributed by atoms with Gasteiger partial charge in [0.2, 0.25) is 0 Å². The fourth-order valence-electron chi connectivity index (χ4n) is 7.67. The van der Waals surface area contributed by atoms with Crippen LogP contribution in [0.15, 0.2) is 54.6 Å². The van der Waals surface area contributed by atoms with E-state index in [1.807, 2.05) is 6.07 Å². The van der Waals surface area contributed by atoms with E-state index >= 15 is 0 Å². The Labute approximate surface area is 322 Å². The molecule has 14 heteroatoms. The first kappa shape index (κ1) is 44.8. The van der Waals surface area contributed by atoms with E-state index in [9.17, 15) is 33.9 Å². The number of esters is 6. The molecule has 304 valence electrons. The van der Waals surface area contributed by atoms with Gasteiger partial charge >= 0.3 is 35.8 Å². The molecule has 0 bridgehead atoms. The highest BCUT2D eigenvalue weighted by Gasteiger charge is 2.69. The van der Waals surface area contributed by atoms with Gasteiger partial charge in [0.25, 0.3) is 0 Å². The fraction of sp³-hybridized carbons (Fsp3) is 0.610. The highest BCUT2D eigenvalue weighted by Crippen LogP contribution is 2.54. The Morgan fingerprint density at radius 1 is 0.764 bits per heavy atom. The zero-order chi connectivity index (χ0) is 41.6. The van der Waals surface area contributed by atoms with Crippen molar-refractivity contribution in [2.24, 2.45) is 23.2 Å². The molecule has 2 aliphatic carbocycles. The quantitative estimate of drug-likeness (QED) is 0.195. The Balaban J connectivity index is 2.55. The molecule has 0 radical (unpaired) electrons. The van der Waals surface area contributed by atoms with Crippen molar-refractivity contribution in [3.63, 3.8) is 0 Å². The molecule has 0 spiro atoms. The van der Waals surface area contributed by atoms with E-state index in [1.165, 1.54) is 13.8 Å². The van der Waals surface area contributed by atoms with E-state index in [-0.39, 0.29) is 12.2 Å². The van der Waals surface area contributed by atoms with Crippen LogP contribution in [0.1, 0.15) is 88.1 Å². The van der Waals surface area contributed by atoms with Crippen molar-refractivity contribution in [2.75, 3.05) is 0 Å². The van der Waals surface area contributed by atoms with Crippen LogP contribution in [0.3, 0.4) is 0 Å². The SMILES string of the molecule is C=C1[C@H](OC(=O)C(C)C)[C@@H](OC(C)=O)[C@@H](OC(C)=O)C(C)(C)/C=C/[C@H](C)[C@H](OC(C)=O)[C@@]2(O)C[C@@](C)(OC(C)=O)[C@H](OCc3ccccc3)[C@@H]2[C@H]1OC(C)=O. The molecule has 1 fully saturated rings. The topological polar surface area (TPSA) is 187 Å². The van der Waals surface area contributed by atoms with Gasteiger partial charge in [-0.05, 0) is 12.5 Å². The monoisotopic (exact) mass is 772 g/mol. The summed E-state index contributed by atoms with van der Waals surface area (Å²) in [5, 5.41) is 13.3. The number of fused-ring (bicyclic) bond motifs is 1. The lowest BCUT2D eigenvalue weighted by atomic mass is 9.71. The fourth-order valence-corrected chi connectivity index (χ4v) is 7.67. The van der Waals surface area contributed by atoms with Crippen molar-refractivity contribution in [1.82, 2.24) is 0 Å². The highest BCUT2D eigenvalue weighted by atomic mass is 16.6. The van der Waals surface area contributed by atoms with E-state index in [0.717, 1.165) is 20.8 Å². The van der Waals surface area contributed by atoms with Crippen LogP contribution in [0, 0.1) is 23.2 Å². The predicted molar refractivity (Wildman–Crippen MR) is 196 cm³/mol. The van der Waals surface area contributed by atoms with Crippen molar-refractivity contribution < 1.29 is 67.0 Å².